The maximum absolute atomic E-state index is 13.6. The van der Waals surface area contributed by atoms with Crippen LogP contribution < -0.4 is 5.32 Å². The predicted octanol–water partition coefficient (Wildman–Crippen LogP) is 5.35. The molecule has 0 bridgehead atoms. The van der Waals surface area contributed by atoms with Gasteiger partial charge in [-0.2, -0.15) is 5.10 Å². The van der Waals surface area contributed by atoms with Gasteiger partial charge in [0.25, 0.3) is 12.3 Å². The fraction of sp³-hybridized carbons (Fsp3) is 0.708. The van der Waals surface area contributed by atoms with Crippen molar-refractivity contribution >= 4 is 11.6 Å². The highest BCUT2D eigenvalue weighted by molar-refractivity contribution is 5.99. The van der Waals surface area contributed by atoms with Crippen molar-refractivity contribution in [3.8, 4) is 0 Å². The first-order valence-corrected chi connectivity index (χ1v) is 12.1. The number of nitrogens with one attached hydrogen (secondary N) is 1. The van der Waals surface area contributed by atoms with Gasteiger partial charge in [0.15, 0.2) is 5.65 Å². The third-order valence-corrected chi connectivity index (χ3v) is 6.05. The molecular formula is C24H37F2N5O. The molecule has 2 heterocycles. The van der Waals surface area contributed by atoms with Crippen molar-refractivity contribution in [3.05, 3.63) is 29.2 Å². The van der Waals surface area contributed by atoms with Gasteiger partial charge >= 0.3 is 0 Å². The molecule has 1 fully saturated rings. The Kier molecular flexibility index (Phi) is 8.96. The minimum Gasteiger partial charge on any atom is -0.348 e. The zero-order valence-electron chi connectivity index (χ0n) is 19.6. The van der Waals surface area contributed by atoms with Gasteiger partial charge in [-0.3, -0.25) is 4.79 Å². The molecule has 2 aromatic rings. The first kappa shape index (κ1) is 24.6. The van der Waals surface area contributed by atoms with Gasteiger partial charge in [0.05, 0.1) is 6.20 Å². The fourth-order valence-electron chi connectivity index (χ4n) is 4.11. The molecule has 1 unspecified atom stereocenters. The van der Waals surface area contributed by atoms with E-state index in [1.807, 2.05) is 6.92 Å². The van der Waals surface area contributed by atoms with Crippen LogP contribution in [0.3, 0.4) is 0 Å². The Morgan fingerprint density at radius 1 is 1.19 bits per heavy atom. The zero-order chi connectivity index (χ0) is 23.1. The molecule has 1 saturated carbocycles. The second-order valence-corrected chi connectivity index (χ2v) is 9.06. The number of unbranched alkanes of at least 4 members (excludes halogenated alkanes) is 4. The number of alkyl halides is 2. The molecule has 0 radical (unpaired) electrons. The first-order chi connectivity index (χ1) is 15.4. The number of fused-ring (bicyclic) bond motifs is 1. The van der Waals surface area contributed by atoms with E-state index in [-0.39, 0.29) is 34.8 Å². The van der Waals surface area contributed by atoms with E-state index in [1.165, 1.54) is 37.9 Å². The minimum atomic E-state index is -2.67. The van der Waals surface area contributed by atoms with Crippen molar-refractivity contribution in [1.82, 2.24) is 24.8 Å². The van der Waals surface area contributed by atoms with E-state index >= 15 is 0 Å². The molecule has 1 atom stereocenters. The van der Waals surface area contributed by atoms with Crippen LogP contribution in [-0.2, 0) is 0 Å². The van der Waals surface area contributed by atoms with Crippen LogP contribution in [0.25, 0.3) is 5.65 Å². The molecule has 8 heteroatoms. The molecule has 1 N–H and O–H groups in total. The number of rotatable bonds is 14. The maximum Gasteiger partial charge on any atom is 0.280 e. The van der Waals surface area contributed by atoms with Crippen LogP contribution >= 0.6 is 0 Å². The van der Waals surface area contributed by atoms with Crippen LogP contribution in [0.4, 0.5) is 8.78 Å². The summed E-state index contributed by atoms with van der Waals surface area (Å²) in [5.74, 6) is -0.0998. The molecule has 0 spiro atoms. The normalized spacial score (nSPS) is 15.1. The van der Waals surface area contributed by atoms with Gasteiger partial charge in [-0.05, 0) is 51.8 Å². The lowest BCUT2D eigenvalue weighted by Gasteiger charge is -2.26. The lowest BCUT2D eigenvalue weighted by Crippen LogP contribution is -2.42. The summed E-state index contributed by atoms with van der Waals surface area (Å²) in [5.41, 5.74) is 0.900. The number of carbonyl (C=O) groups excluding carboxylic acids is 1. The number of halogens is 2. The molecule has 178 valence electrons. The molecule has 6 nitrogen and oxygen atoms in total. The fourth-order valence-corrected chi connectivity index (χ4v) is 4.11. The molecule has 0 aliphatic heterocycles. The molecule has 0 saturated heterocycles. The summed E-state index contributed by atoms with van der Waals surface area (Å²) in [6.45, 7) is 9.20. The van der Waals surface area contributed by atoms with E-state index in [2.05, 4.69) is 34.1 Å². The monoisotopic (exact) mass is 449 g/mol. The summed E-state index contributed by atoms with van der Waals surface area (Å²) < 4.78 is 28.3. The van der Waals surface area contributed by atoms with Crippen molar-refractivity contribution in [3.63, 3.8) is 0 Å². The number of hydrogen-bond donors (Lipinski definition) is 1. The number of aromatic nitrogens is 3. The lowest BCUT2D eigenvalue weighted by atomic mass is 10.2. The molecule has 1 aliphatic rings. The van der Waals surface area contributed by atoms with Crippen molar-refractivity contribution < 1.29 is 13.6 Å². The van der Waals surface area contributed by atoms with Crippen molar-refractivity contribution in [2.45, 2.75) is 90.5 Å². The summed E-state index contributed by atoms with van der Waals surface area (Å²) in [6.07, 6.45) is 7.66. The van der Waals surface area contributed by atoms with E-state index in [9.17, 15) is 13.6 Å². The number of nitrogens with zero attached hydrogens (tertiary/aromatic N) is 4. The Balaban J connectivity index is 1.69. The van der Waals surface area contributed by atoms with Crippen LogP contribution in [0, 0.1) is 0 Å². The van der Waals surface area contributed by atoms with Crippen molar-refractivity contribution in [1.29, 1.82) is 0 Å². The summed E-state index contributed by atoms with van der Waals surface area (Å²) >= 11 is 0. The highest BCUT2D eigenvalue weighted by atomic mass is 19.3. The number of hydrogen-bond acceptors (Lipinski definition) is 4. The summed E-state index contributed by atoms with van der Waals surface area (Å²) in [6, 6.07) is 1.36. The third-order valence-electron chi connectivity index (χ3n) is 6.05. The zero-order valence-corrected chi connectivity index (χ0v) is 19.6. The largest absolute Gasteiger partial charge is 0.348 e. The molecule has 1 aliphatic carbocycles. The van der Waals surface area contributed by atoms with Crippen LogP contribution in [0.15, 0.2) is 12.3 Å². The quantitative estimate of drug-likeness (QED) is 0.395. The van der Waals surface area contributed by atoms with E-state index in [0.29, 0.717) is 5.69 Å². The second-order valence-electron chi connectivity index (χ2n) is 9.06. The molecule has 32 heavy (non-hydrogen) atoms. The third kappa shape index (κ3) is 6.47. The average molecular weight is 450 g/mol. The van der Waals surface area contributed by atoms with Crippen LogP contribution in [-0.4, -0.2) is 51.1 Å². The van der Waals surface area contributed by atoms with Gasteiger partial charge in [0.2, 0.25) is 0 Å². The van der Waals surface area contributed by atoms with Crippen molar-refractivity contribution in [2.24, 2.45) is 0 Å². The first-order valence-electron chi connectivity index (χ1n) is 12.1. The Morgan fingerprint density at radius 2 is 1.84 bits per heavy atom. The Labute approximate surface area is 189 Å². The van der Waals surface area contributed by atoms with Crippen LogP contribution in [0.1, 0.15) is 106 Å². The van der Waals surface area contributed by atoms with E-state index in [0.717, 1.165) is 49.8 Å². The molecule has 2 aromatic heterocycles. The second kappa shape index (κ2) is 11.7. The van der Waals surface area contributed by atoms with Gasteiger partial charge in [-0.25, -0.2) is 18.3 Å². The Morgan fingerprint density at radius 3 is 2.41 bits per heavy atom. The Bertz CT molecular complexity index is 871. The molecule has 3 rings (SSSR count). The molecular weight excluding hydrogens is 412 g/mol. The van der Waals surface area contributed by atoms with Crippen LogP contribution in [0.5, 0.6) is 0 Å². The standard InChI is InChI=1S/C24H37F2N5O/c1-4-6-8-12-30(13-9-7-5-2)16-17(3)28-24(32)19-15-27-31-21(22(25)26)14-20(18-10-11-18)29-23(19)31/h14-15,17-18,22H,4-13,16H2,1-3H3,(H,28,32). The van der Waals surface area contributed by atoms with Gasteiger partial charge in [0.1, 0.15) is 11.3 Å². The molecule has 0 aromatic carbocycles. The van der Waals surface area contributed by atoms with E-state index < -0.39 is 6.43 Å². The predicted molar refractivity (Wildman–Crippen MR) is 122 cm³/mol. The Hall–Kier alpha value is -2.09. The van der Waals surface area contributed by atoms with E-state index in [4.69, 9.17) is 0 Å². The number of amides is 1. The smallest absolute Gasteiger partial charge is 0.280 e. The topological polar surface area (TPSA) is 62.5 Å². The van der Waals surface area contributed by atoms with Crippen LogP contribution in [0.2, 0.25) is 0 Å². The summed E-state index contributed by atoms with van der Waals surface area (Å²) in [4.78, 5) is 19.9. The van der Waals surface area contributed by atoms with Gasteiger partial charge in [-0.15, -0.1) is 0 Å². The summed E-state index contributed by atoms with van der Waals surface area (Å²) in [5, 5.41) is 7.09. The van der Waals surface area contributed by atoms with Crippen molar-refractivity contribution in [2.75, 3.05) is 19.6 Å². The number of carbonyl (C=O) groups is 1. The van der Waals surface area contributed by atoms with Gasteiger partial charge in [-0.1, -0.05) is 39.5 Å². The highest BCUT2D eigenvalue weighted by Crippen LogP contribution is 2.40. The maximum atomic E-state index is 13.6. The summed E-state index contributed by atoms with van der Waals surface area (Å²) in [7, 11) is 0. The van der Waals surface area contributed by atoms with Gasteiger partial charge in [0, 0.05) is 24.2 Å². The highest BCUT2D eigenvalue weighted by Gasteiger charge is 2.29. The van der Waals surface area contributed by atoms with E-state index in [1.54, 1.807) is 0 Å². The lowest BCUT2D eigenvalue weighted by molar-refractivity contribution is 0.0929. The minimum absolute atomic E-state index is 0.0677. The SMILES string of the molecule is CCCCCN(CCCCC)CC(C)NC(=O)c1cnn2c(C(F)F)cc(C3CC3)nc12. The molecule has 1 amide bonds. The average Bonchev–Trinajstić information content (AvgIpc) is 3.52. The van der Waals surface area contributed by atoms with Gasteiger partial charge < -0.3 is 10.2 Å².